The van der Waals surface area contributed by atoms with Crippen LogP contribution in [0.5, 0.6) is 17.2 Å². The first-order valence-corrected chi connectivity index (χ1v) is 15.1. The number of rotatable bonds is 10. The number of aromatic nitrogens is 3. The number of thiazole rings is 1. The Morgan fingerprint density at radius 1 is 1.11 bits per heavy atom. The number of carbonyl (C=O) groups excluding carboxylic acids is 1. The van der Waals surface area contributed by atoms with Crippen molar-refractivity contribution in [2.45, 2.75) is 29.9 Å². The molecule has 3 heterocycles. The van der Waals surface area contributed by atoms with E-state index in [0.717, 1.165) is 23.1 Å². The fourth-order valence-electron chi connectivity index (χ4n) is 4.81. The van der Waals surface area contributed by atoms with E-state index in [2.05, 4.69) is 15.0 Å². The Balaban J connectivity index is 1.68. The number of esters is 1. The maximum atomic E-state index is 14.1. The normalized spacial score (nSPS) is 14.4. The first-order valence-electron chi connectivity index (χ1n) is 13.4. The van der Waals surface area contributed by atoms with Crippen LogP contribution in [-0.2, 0) is 9.53 Å². The van der Waals surface area contributed by atoms with E-state index in [0.29, 0.717) is 48.9 Å². The first kappa shape index (κ1) is 31.4. The number of nitro benzene ring substituents is 1. The summed E-state index contributed by atoms with van der Waals surface area (Å²) in [6, 6.07) is 8.67. The van der Waals surface area contributed by atoms with Crippen molar-refractivity contribution in [3.63, 3.8) is 0 Å². The van der Waals surface area contributed by atoms with E-state index in [9.17, 15) is 19.7 Å². The van der Waals surface area contributed by atoms with Gasteiger partial charge in [-0.25, -0.2) is 19.8 Å². The van der Waals surface area contributed by atoms with E-state index < -0.39 is 22.5 Å². The van der Waals surface area contributed by atoms with Crippen LogP contribution in [0, 0.1) is 10.1 Å². The minimum Gasteiger partial charge on any atom is -0.493 e. The lowest BCUT2D eigenvalue weighted by molar-refractivity contribution is -0.387. The summed E-state index contributed by atoms with van der Waals surface area (Å²) in [7, 11) is 4.41. The molecule has 0 bridgehead atoms. The molecule has 13 nitrogen and oxygen atoms in total. The maximum Gasteiger partial charge on any atom is 0.338 e. The molecular formula is C30H27N5O8S2. The van der Waals surface area contributed by atoms with Crippen molar-refractivity contribution in [3.8, 4) is 17.2 Å². The molecule has 0 fully saturated rings. The highest BCUT2D eigenvalue weighted by Crippen LogP contribution is 2.42. The third-order valence-electron chi connectivity index (χ3n) is 6.74. The number of hydrogen-bond acceptors (Lipinski definition) is 13. The van der Waals surface area contributed by atoms with Crippen LogP contribution in [0.3, 0.4) is 0 Å². The summed E-state index contributed by atoms with van der Waals surface area (Å²) in [6.45, 7) is 3.48. The first-order chi connectivity index (χ1) is 21.7. The van der Waals surface area contributed by atoms with E-state index >= 15 is 0 Å². The van der Waals surface area contributed by atoms with Gasteiger partial charge in [-0.1, -0.05) is 17.4 Å². The zero-order valence-electron chi connectivity index (χ0n) is 24.8. The average molecular weight is 650 g/mol. The van der Waals surface area contributed by atoms with E-state index in [1.807, 2.05) is 0 Å². The van der Waals surface area contributed by atoms with Gasteiger partial charge < -0.3 is 18.9 Å². The van der Waals surface area contributed by atoms with Crippen LogP contribution in [0.2, 0.25) is 0 Å². The van der Waals surface area contributed by atoms with Gasteiger partial charge in [-0.3, -0.25) is 19.5 Å². The predicted octanol–water partition coefficient (Wildman–Crippen LogP) is 3.67. The minimum atomic E-state index is -0.949. The lowest BCUT2D eigenvalue weighted by atomic mass is 9.95. The Hall–Kier alpha value is -5.02. The zero-order valence-corrected chi connectivity index (χ0v) is 26.4. The van der Waals surface area contributed by atoms with E-state index in [1.165, 1.54) is 32.0 Å². The Morgan fingerprint density at radius 2 is 1.80 bits per heavy atom. The van der Waals surface area contributed by atoms with Crippen molar-refractivity contribution >= 4 is 40.8 Å². The molecule has 0 spiro atoms. The Kier molecular flexibility index (Phi) is 9.29. The fourth-order valence-corrected chi connectivity index (χ4v) is 6.65. The number of hydrogen-bond donors (Lipinski definition) is 0. The highest BCUT2D eigenvalue weighted by Gasteiger charge is 2.34. The molecule has 0 saturated carbocycles. The molecule has 1 aliphatic rings. The summed E-state index contributed by atoms with van der Waals surface area (Å²) in [5, 5.41) is 12.3. The molecule has 2 aromatic carbocycles. The Labute approximate surface area is 264 Å². The predicted molar refractivity (Wildman–Crippen MR) is 166 cm³/mol. The van der Waals surface area contributed by atoms with Crippen LogP contribution >= 0.6 is 23.1 Å². The molecule has 232 valence electrons. The number of ether oxygens (including phenoxy) is 4. The van der Waals surface area contributed by atoms with Gasteiger partial charge in [0.05, 0.1) is 59.6 Å². The topological polar surface area (TPSA) is 157 Å². The Bertz CT molecular complexity index is 1980. The van der Waals surface area contributed by atoms with Crippen molar-refractivity contribution in [2.75, 3.05) is 27.9 Å². The number of fused-ring (bicyclic) bond motifs is 1. The summed E-state index contributed by atoms with van der Waals surface area (Å²) in [4.78, 5) is 52.3. The molecule has 0 amide bonds. The zero-order chi connectivity index (χ0) is 32.2. The van der Waals surface area contributed by atoms with Crippen LogP contribution in [0.1, 0.15) is 31.0 Å². The van der Waals surface area contributed by atoms with E-state index in [4.69, 9.17) is 18.9 Å². The van der Waals surface area contributed by atoms with Gasteiger partial charge in [-0.15, -0.1) is 0 Å². The van der Waals surface area contributed by atoms with Gasteiger partial charge in [-0.2, -0.15) is 0 Å². The van der Waals surface area contributed by atoms with Crippen molar-refractivity contribution in [1.82, 2.24) is 14.5 Å². The van der Waals surface area contributed by atoms with Crippen LogP contribution < -0.4 is 29.1 Å². The summed E-state index contributed by atoms with van der Waals surface area (Å²) in [5.41, 5.74) is 0.853. The van der Waals surface area contributed by atoms with Crippen molar-refractivity contribution < 1.29 is 28.7 Å². The number of methoxy groups -OCH3 is 3. The molecule has 1 atom stereocenters. The molecule has 0 aliphatic carbocycles. The van der Waals surface area contributed by atoms with Gasteiger partial charge in [0, 0.05) is 18.5 Å². The number of benzene rings is 2. The SMILES string of the molecule is CCOC(=O)C1=C(C)N=c2s/c(=C/c3ccc(Sc4ncccn4)c([N+](=O)[O-])c3)c(=O)n2[C@H]1c1cc(OC)c(OC)c(OC)c1. The number of allylic oxidation sites excluding steroid dienone is 1. The van der Waals surface area contributed by atoms with Crippen LogP contribution in [-0.4, -0.2) is 53.4 Å². The third-order valence-corrected chi connectivity index (χ3v) is 8.68. The second kappa shape index (κ2) is 13.3. The number of carbonyl (C=O) groups is 1. The smallest absolute Gasteiger partial charge is 0.338 e. The van der Waals surface area contributed by atoms with Crippen molar-refractivity contribution in [2.24, 2.45) is 4.99 Å². The molecule has 0 saturated heterocycles. The fraction of sp³-hybridized carbons (Fsp3) is 0.233. The van der Waals surface area contributed by atoms with E-state index in [1.54, 1.807) is 62.6 Å². The standard InChI is InChI=1S/C30H27N5O8S2/c1-6-43-28(37)24-16(2)33-30-34(25(24)18-14-20(40-3)26(42-5)21(15-18)41-4)27(36)23(45-30)13-17-8-9-22(19(12-17)35(38)39)44-29-31-10-7-11-32-29/h7-15,25H,6H2,1-5H3/b23-13+/t25-/m0/s1. The second-order valence-corrected chi connectivity index (χ2v) is 11.4. The molecular weight excluding hydrogens is 622 g/mol. The van der Waals surface area contributed by atoms with Crippen molar-refractivity contribution in [3.05, 3.63) is 101 Å². The summed E-state index contributed by atoms with van der Waals surface area (Å²) in [6.07, 6.45) is 4.66. The molecule has 0 radical (unpaired) electrons. The quantitative estimate of drug-likeness (QED) is 0.107. The molecule has 2 aromatic heterocycles. The molecule has 1 aliphatic heterocycles. The van der Waals surface area contributed by atoms with Gasteiger partial charge in [0.1, 0.15) is 0 Å². The van der Waals surface area contributed by atoms with Gasteiger partial charge in [0.2, 0.25) is 5.75 Å². The highest BCUT2D eigenvalue weighted by atomic mass is 32.2. The van der Waals surface area contributed by atoms with E-state index in [-0.39, 0.29) is 22.4 Å². The van der Waals surface area contributed by atoms with Crippen molar-refractivity contribution in [1.29, 1.82) is 0 Å². The molecule has 5 rings (SSSR count). The lowest BCUT2D eigenvalue weighted by Gasteiger charge is -2.26. The Morgan fingerprint density at radius 3 is 2.40 bits per heavy atom. The monoisotopic (exact) mass is 649 g/mol. The molecule has 0 unspecified atom stereocenters. The van der Waals surface area contributed by atoms with Crippen LogP contribution in [0.15, 0.2) is 79.9 Å². The maximum absolute atomic E-state index is 14.1. The lowest BCUT2D eigenvalue weighted by Crippen LogP contribution is -2.40. The largest absolute Gasteiger partial charge is 0.493 e. The van der Waals surface area contributed by atoms with Gasteiger partial charge in [0.15, 0.2) is 21.5 Å². The van der Waals surface area contributed by atoms with Gasteiger partial charge in [0.25, 0.3) is 11.2 Å². The van der Waals surface area contributed by atoms with Gasteiger partial charge in [-0.05, 0) is 67.1 Å². The highest BCUT2D eigenvalue weighted by molar-refractivity contribution is 7.99. The number of nitro groups is 1. The third kappa shape index (κ3) is 6.17. The van der Waals surface area contributed by atoms with Crippen LogP contribution in [0.4, 0.5) is 5.69 Å². The number of nitrogens with zero attached hydrogens (tertiary/aromatic N) is 5. The molecule has 15 heteroatoms. The average Bonchev–Trinajstić information content (AvgIpc) is 3.34. The molecule has 4 aromatic rings. The second-order valence-electron chi connectivity index (χ2n) is 9.38. The molecule has 45 heavy (non-hydrogen) atoms. The summed E-state index contributed by atoms with van der Waals surface area (Å²) in [5.74, 6) is 0.380. The summed E-state index contributed by atoms with van der Waals surface area (Å²) >= 11 is 2.16. The minimum absolute atomic E-state index is 0.117. The van der Waals surface area contributed by atoms with Crippen LogP contribution in [0.25, 0.3) is 6.08 Å². The molecule has 0 N–H and O–H groups in total. The summed E-state index contributed by atoms with van der Waals surface area (Å²) < 4.78 is 23.6. The van der Waals surface area contributed by atoms with Gasteiger partial charge >= 0.3 is 5.97 Å².